The molecule has 1 heteroatoms. The lowest BCUT2D eigenvalue weighted by molar-refractivity contribution is 0.170. The molecule has 0 amide bonds. The summed E-state index contributed by atoms with van der Waals surface area (Å²) in [5, 5.41) is 3.66. The number of rotatable bonds is 7. The minimum absolute atomic E-state index is 0.755. The molecule has 1 aliphatic rings. The second-order valence-corrected chi connectivity index (χ2v) is 6.67. The summed E-state index contributed by atoms with van der Waals surface area (Å²) in [6.07, 6.45) is 8.14. The maximum absolute atomic E-state index is 3.66. The smallest absolute Gasteiger partial charge is 0.0120 e. The molecule has 0 aromatic rings. The van der Waals surface area contributed by atoms with Crippen LogP contribution in [0.25, 0.3) is 0 Å². The third-order valence-electron chi connectivity index (χ3n) is 4.45. The minimum Gasteiger partial charge on any atom is -0.316 e. The fourth-order valence-electron chi connectivity index (χ4n) is 3.40. The first-order chi connectivity index (χ1) is 9.17. The van der Waals surface area contributed by atoms with Crippen molar-refractivity contribution in [1.29, 1.82) is 0 Å². The summed E-state index contributed by atoms with van der Waals surface area (Å²) in [4.78, 5) is 0. The summed E-state index contributed by atoms with van der Waals surface area (Å²) < 4.78 is 0. The molecule has 0 aromatic heterocycles. The van der Waals surface area contributed by atoms with Gasteiger partial charge in [0.2, 0.25) is 0 Å². The van der Waals surface area contributed by atoms with Crippen LogP contribution in [0.1, 0.15) is 66.2 Å². The van der Waals surface area contributed by atoms with Crippen LogP contribution >= 0.6 is 0 Å². The van der Waals surface area contributed by atoms with Crippen LogP contribution < -0.4 is 5.32 Å². The van der Waals surface area contributed by atoms with Crippen LogP contribution in [0.15, 0.2) is 0 Å². The Labute approximate surface area is 120 Å². The molecule has 1 nitrogen and oxygen atoms in total. The van der Waals surface area contributed by atoms with E-state index in [1.807, 2.05) is 6.92 Å². The molecule has 0 aromatic carbocycles. The average molecular weight is 263 g/mol. The minimum atomic E-state index is 0.755. The van der Waals surface area contributed by atoms with Crippen molar-refractivity contribution in [3.63, 3.8) is 0 Å². The predicted molar refractivity (Wildman–Crippen MR) is 85.0 cm³/mol. The first kappa shape index (κ1) is 16.6. The Hall–Kier alpha value is -0.480. The van der Waals surface area contributed by atoms with Crippen LogP contribution in [-0.4, -0.2) is 13.1 Å². The third kappa shape index (κ3) is 6.48. The van der Waals surface area contributed by atoms with Crippen LogP contribution in [0.2, 0.25) is 0 Å². The molecule has 19 heavy (non-hydrogen) atoms. The van der Waals surface area contributed by atoms with Gasteiger partial charge in [-0.25, -0.2) is 0 Å². The quantitative estimate of drug-likeness (QED) is 0.668. The van der Waals surface area contributed by atoms with Crippen molar-refractivity contribution in [2.45, 2.75) is 66.2 Å². The first-order valence-corrected chi connectivity index (χ1v) is 8.27. The SMILES string of the molecule is CC#CCC1CC(CCC)CCC1CNCC(C)C. The van der Waals surface area contributed by atoms with Crippen LogP contribution in [0.3, 0.4) is 0 Å². The van der Waals surface area contributed by atoms with Crippen LogP contribution in [0.5, 0.6) is 0 Å². The third-order valence-corrected chi connectivity index (χ3v) is 4.45. The fraction of sp³-hybridized carbons (Fsp3) is 0.889. The van der Waals surface area contributed by atoms with Gasteiger partial charge in [-0.1, -0.05) is 40.0 Å². The highest BCUT2D eigenvalue weighted by molar-refractivity contribution is 4.98. The maximum atomic E-state index is 3.66. The van der Waals surface area contributed by atoms with Crippen molar-refractivity contribution in [3.05, 3.63) is 0 Å². The number of hydrogen-bond donors (Lipinski definition) is 1. The molecule has 1 aliphatic carbocycles. The Morgan fingerprint density at radius 3 is 2.63 bits per heavy atom. The Morgan fingerprint density at radius 1 is 1.21 bits per heavy atom. The van der Waals surface area contributed by atoms with Crippen LogP contribution in [0, 0.1) is 35.5 Å². The topological polar surface area (TPSA) is 12.0 Å². The molecule has 0 spiro atoms. The molecule has 1 saturated carbocycles. The van der Waals surface area contributed by atoms with Crippen molar-refractivity contribution in [2.24, 2.45) is 23.7 Å². The van der Waals surface area contributed by atoms with Crippen molar-refractivity contribution in [1.82, 2.24) is 5.32 Å². The first-order valence-electron chi connectivity index (χ1n) is 8.27. The van der Waals surface area contributed by atoms with Crippen molar-refractivity contribution < 1.29 is 0 Å². The van der Waals surface area contributed by atoms with Gasteiger partial charge < -0.3 is 5.32 Å². The molecule has 0 radical (unpaired) electrons. The zero-order valence-electron chi connectivity index (χ0n) is 13.5. The van der Waals surface area contributed by atoms with Crippen LogP contribution in [-0.2, 0) is 0 Å². The van der Waals surface area contributed by atoms with E-state index in [1.54, 1.807) is 0 Å². The second-order valence-electron chi connectivity index (χ2n) is 6.67. The van der Waals surface area contributed by atoms with Gasteiger partial charge >= 0.3 is 0 Å². The summed E-state index contributed by atoms with van der Waals surface area (Å²) in [7, 11) is 0. The van der Waals surface area contributed by atoms with Gasteiger partial charge in [0.05, 0.1) is 0 Å². The molecule has 3 unspecified atom stereocenters. The molecule has 0 saturated heterocycles. The maximum Gasteiger partial charge on any atom is 0.0120 e. The monoisotopic (exact) mass is 263 g/mol. The summed E-state index contributed by atoms with van der Waals surface area (Å²) >= 11 is 0. The Bertz CT molecular complexity index is 284. The fourth-order valence-corrected chi connectivity index (χ4v) is 3.40. The molecule has 0 heterocycles. The lowest BCUT2D eigenvalue weighted by Crippen LogP contribution is -2.34. The van der Waals surface area contributed by atoms with Crippen molar-refractivity contribution >= 4 is 0 Å². The molecule has 0 aliphatic heterocycles. The predicted octanol–water partition coefficient (Wildman–Crippen LogP) is 4.48. The van der Waals surface area contributed by atoms with Gasteiger partial charge in [-0.05, 0) is 56.5 Å². The number of nitrogens with one attached hydrogen (secondary N) is 1. The summed E-state index contributed by atoms with van der Waals surface area (Å²) in [5.74, 6) is 9.83. The van der Waals surface area contributed by atoms with Gasteiger partial charge in [0.25, 0.3) is 0 Å². The summed E-state index contributed by atoms with van der Waals surface area (Å²) in [5.41, 5.74) is 0. The largest absolute Gasteiger partial charge is 0.316 e. The van der Waals surface area contributed by atoms with E-state index < -0.39 is 0 Å². The van der Waals surface area contributed by atoms with Gasteiger partial charge in [-0.15, -0.1) is 11.8 Å². The van der Waals surface area contributed by atoms with E-state index in [-0.39, 0.29) is 0 Å². The standard InChI is InChI=1S/C18H33N/c1-5-7-9-17-12-16(8-6-2)10-11-18(17)14-19-13-15(3)4/h15-19H,6,8-14H2,1-4H3. The highest BCUT2D eigenvalue weighted by Gasteiger charge is 2.29. The van der Waals surface area contributed by atoms with Gasteiger partial charge in [-0.2, -0.15) is 0 Å². The van der Waals surface area contributed by atoms with Gasteiger partial charge in [0.1, 0.15) is 0 Å². The molecule has 3 atom stereocenters. The summed E-state index contributed by atoms with van der Waals surface area (Å²) in [6.45, 7) is 11.2. The second kappa shape index (κ2) is 9.43. The van der Waals surface area contributed by atoms with E-state index in [0.29, 0.717) is 0 Å². The molecule has 1 N–H and O–H groups in total. The lowest BCUT2D eigenvalue weighted by Gasteiger charge is -2.36. The lowest BCUT2D eigenvalue weighted by atomic mass is 9.71. The molecule has 110 valence electrons. The number of hydrogen-bond acceptors (Lipinski definition) is 1. The van der Waals surface area contributed by atoms with Crippen molar-refractivity contribution in [3.8, 4) is 11.8 Å². The van der Waals surface area contributed by atoms with E-state index in [9.17, 15) is 0 Å². The Balaban J connectivity index is 2.44. The zero-order valence-corrected chi connectivity index (χ0v) is 13.5. The molecule has 1 fully saturated rings. The Morgan fingerprint density at radius 2 is 2.00 bits per heavy atom. The van der Waals surface area contributed by atoms with Crippen LogP contribution in [0.4, 0.5) is 0 Å². The molecule has 0 bridgehead atoms. The van der Waals surface area contributed by atoms with E-state index in [4.69, 9.17) is 0 Å². The van der Waals surface area contributed by atoms with Crippen molar-refractivity contribution in [2.75, 3.05) is 13.1 Å². The Kier molecular flexibility index (Phi) is 8.22. The summed E-state index contributed by atoms with van der Waals surface area (Å²) in [6, 6.07) is 0. The molecule has 1 rings (SSSR count). The normalized spacial score (nSPS) is 27.1. The molecular formula is C18H33N. The van der Waals surface area contributed by atoms with Gasteiger partial charge in [0.15, 0.2) is 0 Å². The van der Waals surface area contributed by atoms with E-state index in [0.717, 1.165) is 36.6 Å². The average Bonchev–Trinajstić information content (AvgIpc) is 2.38. The highest BCUT2D eigenvalue weighted by atomic mass is 14.9. The zero-order chi connectivity index (χ0) is 14.1. The van der Waals surface area contributed by atoms with Gasteiger partial charge in [-0.3, -0.25) is 0 Å². The van der Waals surface area contributed by atoms with Gasteiger partial charge in [0, 0.05) is 6.42 Å². The molecular weight excluding hydrogens is 230 g/mol. The van der Waals surface area contributed by atoms with E-state index in [1.165, 1.54) is 38.6 Å². The van der Waals surface area contributed by atoms with E-state index in [2.05, 4.69) is 37.9 Å². The highest BCUT2D eigenvalue weighted by Crippen LogP contribution is 2.37. The van der Waals surface area contributed by atoms with E-state index >= 15 is 0 Å².